The van der Waals surface area contributed by atoms with Crippen molar-refractivity contribution < 1.29 is 9.53 Å². The number of ether oxygens (including phenoxy) is 1. The minimum Gasteiger partial charge on any atom is -0.403 e. The molecule has 0 unspecified atom stereocenters. The van der Waals surface area contributed by atoms with Crippen molar-refractivity contribution in [1.29, 1.82) is 0 Å². The summed E-state index contributed by atoms with van der Waals surface area (Å²) >= 11 is 0. The maximum atomic E-state index is 12.9. The molecule has 1 amide bonds. The standard InChI is InChI=1S/C19H29N5O2/c1-2-26-14-6-9-22-18(17(15-20)24-12-10-21-11-13-24)19(25)23-16-7-4-3-5-8-16/h3-5,7-8,15,21H,2,6,9-14,20H2,1H3,(H,23,25). The fourth-order valence-corrected chi connectivity index (χ4v) is 2.72. The molecule has 1 aliphatic heterocycles. The molecule has 1 aliphatic rings. The Kier molecular flexibility index (Phi) is 8.65. The maximum Gasteiger partial charge on any atom is 0.276 e. The predicted molar refractivity (Wildman–Crippen MR) is 105 cm³/mol. The van der Waals surface area contributed by atoms with Crippen LogP contribution in [0.4, 0.5) is 5.69 Å². The molecular formula is C19H29N5O2. The van der Waals surface area contributed by atoms with Crippen molar-refractivity contribution in [2.75, 3.05) is 51.3 Å². The van der Waals surface area contributed by atoms with Gasteiger partial charge >= 0.3 is 0 Å². The molecule has 4 N–H and O–H groups in total. The summed E-state index contributed by atoms with van der Waals surface area (Å²) in [6, 6.07) is 9.36. The fourth-order valence-electron chi connectivity index (χ4n) is 2.72. The number of hydrogen-bond acceptors (Lipinski definition) is 6. The quantitative estimate of drug-likeness (QED) is 0.455. The molecule has 0 bridgehead atoms. The van der Waals surface area contributed by atoms with Crippen LogP contribution in [0.25, 0.3) is 0 Å². The third-order valence-electron chi connectivity index (χ3n) is 4.03. The van der Waals surface area contributed by atoms with Gasteiger partial charge in [-0.05, 0) is 25.5 Å². The van der Waals surface area contributed by atoms with Gasteiger partial charge in [0.2, 0.25) is 0 Å². The van der Waals surface area contributed by atoms with Crippen molar-refractivity contribution in [1.82, 2.24) is 10.2 Å². The van der Waals surface area contributed by atoms with E-state index in [0.29, 0.717) is 31.2 Å². The van der Waals surface area contributed by atoms with Crippen LogP contribution in [0.1, 0.15) is 13.3 Å². The summed E-state index contributed by atoms with van der Waals surface area (Å²) in [6.45, 7) is 7.08. The van der Waals surface area contributed by atoms with Crippen molar-refractivity contribution >= 4 is 17.3 Å². The summed E-state index contributed by atoms with van der Waals surface area (Å²) in [7, 11) is 0. The fraction of sp³-hybridized carbons (Fsp3) is 0.474. The Morgan fingerprint density at radius 3 is 2.73 bits per heavy atom. The third-order valence-corrected chi connectivity index (χ3v) is 4.03. The van der Waals surface area contributed by atoms with Crippen molar-refractivity contribution in [2.45, 2.75) is 13.3 Å². The molecule has 1 saturated heterocycles. The Hall–Kier alpha value is -2.38. The third kappa shape index (κ3) is 6.16. The Balaban J connectivity index is 2.13. The molecule has 1 aromatic carbocycles. The monoisotopic (exact) mass is 359 g/mol. The molecule has 1 fully saturated rings. The molecule has 0 atom stereocenters. The van der Waals surface area contributed by atoms with Crippen LogP contribution in [-0.2, 0) is 9.53 Å². The van der Waals surface area contributed by atoms with Crippen LogP contribution in [-0.4, -0.2) is 62.5 Å². The molecule has 142 valence electrons. The molecule has 7 nitrogen and oxygen atoms in total. The van der Waals surface area contributed by atoms with Gasteiger partial charge in [-0.25, -0.2) is 0 Å². The molecule has 2 rings (SSSR count). The van der Waals surface area contributed by atoms with E-state index in [1.54, 1.807) is 0 Å². The molecule has 7 heteroatoms. The van der Waals surface area contributed by atoms with Crippen LogP contribution in [0.2, 0.25) is 0 Å². The molecule has 0 radical (unpaired) electrons. The Morgan fingerprint density at radius 1 is 1.35 bits per heavy atom. The Morgan fingerprint density at radius 2 is 2.08 bits per heavy atom. The molecule has 1 heterocycles. The summed E-state index contributed by atoms with van der Waals surface area (Å²) < 4.78 is 5.35. The van der Waals surface area contributed by atoms with Crippen LogP contribution in [0.3, 0.4) is 0 Å². The molecule has 0 aliphatic carbocycles. The number of carbonyl (C=O) groups is 1. The second kappa shape index (κ2) is 11.3. The highest BCUT2D eigenvalue weighted by molar-refractivity contribution is 6.48. The molecule has 1 aromatic rings. The van der Waals surface area contributed by atoms with Crippen LogP contribution in [0, 0.1) is 0 Å². The lowest BCUT2D eigenvalue weighted by atomic mass is 10.2. The number of hydrogen-bond donors (Lipinski definition) is 3. The number of piperazine rings is 1. The summed E-state index contributed by atoms with van der Waals surface area (Å²) in [6.07, 6.45) is 2.24. The average molecular weight is 359 g/mol. The molecular weight excluding hydrogens is 330 g/mol. The zero-order chi connectivity index (χ0) is 18.6. The van der Waals surface area contributed by atoms with E-state index in [1.807, 2.05) is 37.3 Å². The normalized spacial score (nSPS) is 15.8. The lowest BCUT2D eigenvalue weighted by Crippen LogP contribution is -2.46. The first kappa shape index (κ1) is 19.9. The van der Waals surface area contributed by atoms with Gasteiger partial charge in [0.25, 0.3) is 5.91 Å². The van der Waals surface area contributed by atoms with E-state index in [4.69, 9.17) is 10.5 Å². The zero-order valence-electron chi connectivity index (χ0n) is 15.4. The van der Waals surface area contributed by atoms with Gasteiger partial charge in [-0.1, -0.05) is 18.2 Å². The maximum absolute atomic E-state index is 12.9. The van der Waals surface area contributed by atoms with Gasteiger partial charge in [-0.15, -0.1) is 0 Å². The second-order valence-corrected chi connectivity index (χ2v) is 5.89. The predicted octanol–water partition coefficient (Wildman–Crippen LogP) is 1.20. The van der Waals surface area contributed by atoms with E-state index < -0.39 is 0 Å². The van der Waals surface area contributed by atoms with E-state index in [-0.39, 0.29) is 5.91 Å². The van der Waals surface area contributed by atoms with Gasteiger partial charge in [0.15, 0.2) is 0 Å². The van der Waals surface area contributed by atoms with E-state index in [9.17, 15) is 4.79 Å². The van der Waals surface area contributed by atoms with E-state index in [2.05, 4.69) is 20.5 Å². The van der Waals surface area contributed by atoms with E-state index in [1.165, 1.54) is 6.20 Å². The van der Waals surface area contributed by atoms with Crippen LogP contribution < -0.4 is 16.4 Å². The number of rotatable bonds is 9. The van der Waals surface area contributed by atoms with Gasteiger partial charge < -0.3 is 26.0 Å². The largest absolute Gasteiger partial charge is 0.403 e. The zero-order valence-corrected chi connectivity index (χ0v) is 15.4. The number of para-hydroxylation sites is 1. The van der Waals surface area contributed by atoms with Crippen molar-refractivity contribution in [3.05, 3.63) is 42.2 Å². The first-order chi connectivity index (χ1) is 12.8. The van der Waals surface area contributed by atoms with Gasteiger partial charge in [-0.3, -0.25) is 9.79 Å². The highest BCUT2D eigenvalue weighted by Crippen LogP contribution is 2.11. The number of amides is 1. The summed E-state index contributed by atoms with van der Waals surface area (Å²) in [5.74, 6) is -0.247. The van der Waals surface area contributed by atoms with Crippen molar-refractivity contribution in [2.24, 2.45) is 10.7 Å². The highest BCUT2D eigenvalue weighted by atomic mass is 16.5. The average Bonchev–Trinajstić information content (AvgIpc) is 2.68. The number of nitrogens with zero attached hydrogens (tertiary/aromatic N) is 2. The second-order valence-electron chi connectivity index (χ2n) is 5.89. The summed E-state index contributed by atoms with van der Waals surface area (Å²) in [5, 5.41) is 6.21. The summed E-state index contributed by atoms with van der Waals surface area (Å²) in [4.78, 5) is 19.5. The number of anilines is 1. The first-order valence-corrected chi connectivity index (χ1v) is 9.12. The number of benzene rings is 1. The number of nitrogens with two attached hydrogens (primary N) is 1. The van der Waals surface area contributed by atoms with Crippen LogP contribution in [0.5, 0.6) is 0 Å². The van der Waals surface area contributed by atoms with E-state index in [0.717, 1.165) is 38.3 Å². The lowest BCUT2D eigenvalue weighted by molar-refractivity contribution is -0.110. The molecule has 26 heavy (non-hydrogen) atoms. The smallest absolute Gasteiger partial charge is 0.276 e. The molecule has 0 aromatic heterocycles. The number of aliphatic imine (C=N–C) groups is 1. The van der Waals surface area contributed by atoms with Crippen LogP contribution >= 0.6 is 0 Å². The molecule has 0 spiro atoms. The lowest BCUT2D eigenvalue weighted by Gasteiger charge is -2.31. The van der Waals surface area contributed by atoms with Gasteiger partial charge in [0.1, 0.15) is 5.71 Å². The minimum atomic E-state index is -0.247. The van der Waals surface area contributed by atoms with Gasteiger partial charge in [0, 0.05) is 57.8 Å². The molecule has 0 saturated carbocycles. The van der Waals surface area contributed by atoms with Crippen LogP contribution in [0.15, 0.2) is 47.2 Å². The number of nitrogens with one attached hydrogen (secondary N) is 2. The Bertz CT molecular complexity index is 610. The van der Waals surface area contributed by atoms with Gasteiger partial charge in [0.05, 0.1) is 5.70 Å². The minimum absolute atomic E-state index is 0.247. The van der Waals surface area contributed by atoms with E-state index >= 15 is 0 Å². The highest BCUT2D eigenvalue weighted by Gasteiger charge is 2.23. The SMILES string of the molecule is CCOCCCN=C(C(=O)Nc1ccccc1)C(=CN)N1CCNCC1. The number of carbonyl (C=O) groups excluding carboxylic acids is 1. The topological polar surface area (TPSA) is 92.0 Å². The summed E-state index contributed by atoms with van der Waals surface area (Å²) in [5.41, 5.74) is 7.66. The first-order valence-electron chi connectivity index (χ1n) is 9.12. The van der Waals surface area contributed by atoms with Crippen molar-refractivity contribution in [3.63, 3.8) is 0 Å². The Labute approximate surface area is 155 Å². The van der Waals surface area contributed by atoms with Crippen molar-refractivity contribution in [3.8, 4) is 0 Å². The van der Waals surface area contributed by atoms with Gasteiger partial charge in [-0.2, -0.15) is 0 Å².